The van der Waals surface area contributed by atoms with Crippen molar-refractivity contribution in [3.05, 3.63) is 0 Å². The molecule has 13 heavy (non-hydrogen) atoms. The molecular weight excluding hydrogens is 160 g/mol. The van der Waals surface area contributed by atoms with Gasteiger partial charge in [0.15, 0.2) is 0 Å². The van der Waals surface area contributed by atoms with Crippen LogP contribution in [0, 0.1) is 18.3 Å². The van der Waals surface area contributed by atoms with Crippen molar-refractivity contribution in [2.75, 3.05) is 26.7 Å². The minimum absolute atomic E-state index is 0.679. The van der Waals surface area contributed by atoms with Gasteiger partial charge in [0.25, 0.3) is 0 Å². The lowest BCUT2D eigenvalue weighted by atomic mass is 9.93. The molecular formula is C11H20N2. The zero-order valence-electron chi connectivity index (χ0n) is 8.71. The molecule has 1 aliphatic rings. The van der Waals surface area contributed by atoms with Gasteiger partial charge in [-0.3, -0.25) is 4.90 Å². The second-order valence-electron chi connectivity index (χ2n) is 4.15. The molecule has 0 spiro atoms. The number of terminal acetylenes is 1. The van der Waals surface area contributed by atoms with Gasteiger partial charge >= 0.3 is 0 Å². The smallest absolute Gasteiger partial charge is 0.0596 e. The van der Waals surface area contributed by atoms with E-state index in [4.69, 9.17) is 6.42 Å². The molecule has 2 atom stereocenters. The summed E-state index contributed by atoms with van der Waals surface area (Å²) in [6.45, 7) is 5.34. The predicted molar refractivity (Wildman–Crippen MR) is 56.5 cm³/mol. The lowest BCUT2D eigenvalue weighted by Crippen LogP contribution is -2.39. The van der Waals surface area contributed by atoms with E-state index in [9.17, 15) is 0 Å². The van der Waals surface area contributed by atoms with Crippen molar-refractivity contribution in [2.24, 2.45) is 5.92 Å². The van der Waals surface area contributed by atoms with Crippen LogP contribution in [0.25, 0.3) is 0 Å². The first-order valence-electron chi connectivity index (χ1n) is 5.07. The molecule has 2 unspecified atom stereocenters. The van der Waals surface area contributed by atoms with Crippen LogP contribution in [-0.2, 0) is 0 Å². The molecule has 0 aliphatic carbocycles. The lowest BCUT2D eigenvalue weighted by Gasteiger charge is -2.30. The molecule has 0 aromatic heterocycles. The van der Waals surface area contributed by atoms with Gasteiger partial charge in [-0.1, -0.05) is 5.92 Å². The molecule has 0 bridgehead atoms. The van der Waals surface area contributed by atoms with Crippen LogP contribution >= 0.6 is 0 Å². The number of hydrogen-bond donors (Lipinski definition) is 1. The van der Waals surface area contributed by atoms with E-state index >= 15 is 0 Å². The van der Waals surface area contributed by atoms with Gasteiger partial charge in [-0.05, 0) is 39.3 Å². The minimum atomic E-state index is 0.679. The number of rotatable bonds is 3. The van der Waals surface area contributed by atoms with E-state index in [2.05, 4.69) is 30.1 Å². The Hall–Kier alpha value is -0.520. The highest BCUT2D eigenvalue weighted by molar-refractivity contribution is 4.88. The Morgan fingerprint density at radius 1 is 1.62 bits per heavy atom. The van der Waals surface area contributed by atoms with Gasteiger partial charge in [-0.25, -0.2) is 0 Å². The third-order valence-corrected chi connectivity index (χ3v) is 2.66. The van der Waals surface area contributed by atoms with E-state index in [1.165, 1.54) is 12.8 Å². The van der Waals surface area contributed by atoms with Gasteiger partial charge in [-0.2, -0.15) is 0 Å². The average molecular weight is 180 g/mol. The highest BCUT2D eigenvalue weighted by Crippen LogP contribution is 2.16. The van der Waals surface area contributed by atoms with Gasteiger partial charge in [0.05, 0.1) is 6.54 Å². The fraction of sp³-hybridized carbons (Fsp3) is 0.818. The largest absolute Gasteiger partial charge is 0.314 e. The van der Waals surface area contributed by atoms with Crippen molar-refractivity contribution in [1.82, 2.24) is 10.2 Å². The van der Waals surface area contributed by atoms with Crippen LogP contribution in [-0.4, -0.2) is 37.6 Å². The monoisotopic (exact) mass is 180 g/mol. The van der Waals surface area contributed by atoms with Crippen molar-refractivity contribution < 1.29 is 0 Å². The zero-order valence-corrected chi connectivity index (χ0v) is 8.71. The molecule has 0 aromatic carbocycles. The highest BCUT2D eigenvalue weighted by atomic mass is 15.1. The molecule has 0 aromatic rings. The van der Waals surface area contributed by atoms with Crippen LogP contribution in [0.4, 0.5) is 0 Å². The van der Waals surface area contributed by atoms with Gasteiger partial charge in [0, 0.05) is 12.6 Å². The summed E-state index contributed by atoms with van der Waals surface area (Å²) in [5.74, 6) is 3.51. The third kappa shape index (κ3) is 3.80. The third-order valence-electron chi connectivity index (χ3n) is 2.66. The lowest BCUT2D eigenvalue weighted by molar-refractivity contribution is 0.234. The first-order valence-corrected chi connectivity index (χ1v) is 5.07. The fourth-order valence-electron chi connectivity index (χ4n) is 2.06. The van der Waals surface area contributed by atoms with Crippen LogP contribution in [0.2, 0.25) is 0 Å². The maximum Gasteiger partial charge on any atom is 0.0596 e. The van der Waals surface area contributed by atoms with E-state index in [0.717, 1.165) is 25.6 Å². The van der Waals surface area contributed by atoms with E-state index in [1.807, 2.05) is 0 Å². The Balaban J connectivity index is 2.24. The summed E-state index contributed by atoms with van der Waals surface area (Å²) in [6, 6.07) is 0.679. The Bertz CT molecular complexity index is 183. The first kappa shape index (κ1) is 10.6. The summed E-state index contributed by atoms with van der Waals surface area (Å²) >= 11 is 0. The summed E-state index contributed by atoms with van der Waals surface area (Å²) in [5, 5.41) is 3.46. The standard InChI is InChI=1S/C11H20N2/c1-4-7-13(3)9-11-5-6-12-10(2)8-11/h1,10-12H,5-9H2,2-3H3. The van der Waals surface area contributed by atoms with Crippen LogP contribution in [0.15, 0.2) is 0 Å². The maximum atomic E-state index is 5.26. The Morgan fingerprint density at radius 2 is 2.38 bits per heavy atom. The molecule has 74 valence electrons. The van der Waals surface area contributed by atoms with Crippen LogP contribution < -0.4 is 5.32 Å². The fourth-order valence-corrected chi connectivity index (χ4v) is 2.06. The topological polar surface area (TPSA) is 15.3 Å². The molecule has 0 radical (unpaired) electrons. The second kappa shape index (κ2) is 5.26. The van der Waals surface area contributed by atoms with E-state index < -0.39 is 0 Å². The number of nitrogens with zero attached hydrogens (tertiary/aromatic N) is 1. The van der Waals surface area contributed by atoms with Crippen LogP contribution in [0.3, 0.4) is 0 Å². The highest BCUT2D eigenvalue weighted by Gasteiger charge is 2.18. The van der Waals surface area contributed by atoms with Crippen molar-refractivity contribution in [1.29, 1.82) is 0 Å². The predicted octanol–water partition coefficient (Wildman–Crippen LogP) is 0.940. The maximum absolute atomic E-state index is 5.26. The van der Waals surface area contributed by atoms with Crippen molar-refractivity contribution in [3.8, 4) is 12.3 Å². The molecule has 2 heteroatoms. The summed E-state index contributed by atoms with van der Waals surface area (Å²) in [4.78, 5) is 2.24. The van der Waals surface area contributed by atoms with Gasteiger partial charge in [0.2, 0.25) is 0 Å². The molecule has 1 rings (SSSR count). The van der Waals surface area contributed by atoms with Crippen molar-refractivity contribution in [2.45, 2.75) is 25.8 Å². The SMILES string of the molecule is C#CCN(C)CC1CCNC(C)C1. The first-order chi connectivity index (χ1) is 6.22. The summed E-state index contributed by atoms with van der Waals surface area (Å²) in [6.07, 6.45) is 7.84. The second-order valence-corrected chi connectivity index (χ2v) is 4.15. The minimum Gasteiger partial charge on any atom is -0.314 e. The van der Waals surface area contributed by atoms with Crippen molar-refractivity contribution in [3.63, 3.8) is 0 Å². The van der Waals surface area contributed by atoms with Gasteiger partial charge in [-0.15, -0.1) is 6.42 Å². The Morgan fingerprint density at radius 3 is 3.00 bits per heavy atom. The zero-order chi connectivity index (χ0) is 9.68. The van der Waals surface area contributed by atoms with Gasteiger partial charge in [0.1, 0.15) is 0 Å². The van der Waals surface area contributed by atoms with E-state index in [1.54, 1.807) is 0 Å². The molecule has 0 saturated carbocycles. The Kier molecular flexibility index (Phi) is 4.27. The van der Waals surface area contributed by atoms with E-state index in [0.29, 0.717) is 6.04 Å². The quantitative estimate of drug-likeness (QED) is 0.650. The van der Waals surface area contributed by atoms with E-state index in [-0.39, 0.29) is 0 Å². The van der Waals surface area contributed by atoms with Gasteiger partial charge < -0.3 is 5.32 Å². The number of piperidine rings is 1. The molecule has 1 N–H and O–H groups in total. The van der Waals surface area contributed by atoms with Crippen LogP contribution in [0.1, 0.15) is 19.8 Å². The molecule has 1 saturated heterocycles. The average Bonchev–Trinajstić information content (AvgIpc) is 2.04. The summed E-state index contributed by atoms with van der Waals surface area (Å²) < 4.78 is 0. The number of hydrogen-bond acceptors (Lipinski definition) is 2. The normalized spacial score (nSPS) is 28.8. The van der Waals surface area contributed by atoms with Crippen molar-refractivity contribution >= 4 is 0 Å². The summed E-state index contributed by atoms with van der Waals surface area (Å²) in [7, 11) is 2.10. The molecule has 0 amide bonds. The van der Waals surface area contributed by atoms with Crippen LogP contribution in [0.5, 0.6) is 0 Å². The molecule has 2 nitrogen and oxygen atoms in total. The number of nitrogens with one attached hydrogen (secondary N) is 1. The molecule has 1 fully saturated rings. The molecule has 1 heterocycles. The Labute approximate surface area is 81.7 Å². The summed E-state index contributed by atoms with van der Waals surface area (Å²) in [5.41, 5.74) is 0. The molecule has 1 aliphatic heterocycles.